The number of carbonyl (C=O) groups is 2. The molecule has 0 bridgehead atoms. The van der Waals surface area contributed by atoms with Crippen LogP contribution in [0.15, 0.2) is 24.3 Å². The van der Waals surface area contributed by atoms with Gasteiger partial charge in [0.15, 0.2) is 0 Å². The second-order valence-electron chi connectivity index (χ2n) is 10.5. The number of benzene rings is 1. The molecule has 0 amide bonds. The zero-order valence-corrected chi connectivity index (χ0v) is 24.7. The number of phenolic OH excluding ortho intramolecular Hbond substituents is 1. The molecule has 38 heavy (non-hydrogen) atoms. The predicted octanol–water partition coefficient (Wildman–Crippen LogP) is 10.2. The minimum absolute atomic E-state index is 0.148. The van der Waals surface area contributed by atoms with E-state index in [0.717, 1.165) is 25.7 Å². The van der Waals surface area contributed by atoms with Crippen LogP contribution in [0.2, 0.25) is 0 Å². The van der Waals surface area contributed by atoms with Crippen LogP contribution in [-0.4, -0.2) is 28.8 Å². The smallest absolute Gasteiger partial charge is 0.338 e. The van der Waals surface area contributed by atoms with E-state index in [1.54, 1.807) is 12.1 Å². The van der Waals surface area contributed by atoms with Gasteiger partial charge in [-0.15, -0.1) is 0 Å². The Hall–Kier alpha value is -2.04. The standard InChI is InChI=1S/C22H44O2.C11H14O3/c1-2-3-4-5-6-7-8-9-10-11-12-13-14-15-16-17-18-19-20-21-22(23)24;1-2-3-8-14-11(13)9-4-6-10(12)7-5-9/h2-21H2,1H3,(H,23,24);4-7,12H,2-3,8H2,1H3. The lowest BCUT2D eigenvalue weighted by Crippen LogP contribution is -2.05. The molecule has 1 aromatic rings. The normalized spacial score (nSPS) is 10.6. The molecule has 2 N–H and O–H groups in total. The van der Waals surface area contributed by atoms with Crippen molar-refractivity contribution in [2.24, 2.45) is 0 Å². The largest absolute Gasteiger partial charge is 0.508 e. The third kappa shape index (κ3) is 25.6. The first kappa shape index (κ1) is 36.0. The van der Waals surface area contributed by atoms with E-state index in [-0.39, 0.29) is 11.7 Å². The van der Waals surface area contributed by atoms with E-state index < -0.39 is 5.97 Å². The minimum Gasteiger partial charge on any atom is -0.508 e. The fraction of sp³-hybridized carbons (Fsp3) is 0.758. The van der Waals surface area contributed by atoms with Gasteiger partial charge in [-0.1, -0.05) is 136 Å². The van der Waals surface area contributed by atoms with Crippen molar-refractivity contribution in [2.45, 2.75) is 155 Å². The molecule has 5 nitrogen and oxygen atoms in total. The lowest BCUT2D eigenvalue weighted by atomic mass is 10.0. The van der Waals surface area contributed by atoms with Gasteiger partial charge in [0.25, 0.3) is 0 Å². The summed E-state index contributed by atoms with van der Waals surface area (Å²) in [5, 5.41) is 17.6. The molecule has 1 rings (SSSR count). The summed E-state index contributed by atoms with van der Waals surface area (Å²) in [6.07, 6.45) is 28.0. The molecule has 0 unspecified atom stereocenters. The first-order valence-corrected chi connectivity index (χ1v) is 15.7. The second kappa shape index (κ2) is 28.0. The Morgan fingerprint density at radius 1 is 0.579 bits per heavy atom. The number of unbranched alkanes of at least 4 members (excludes halogenated alkanes) is 19. The average molecular weight is 535 g/mol. The molecule has 0 heterocycles. The highest BCUT2D eigenvalue weighted by Gasteiger charge is 2.05. The van der Waals surface area contributed by atoms with E-state index in [2.05, 4.69) is 6.92 Å². The van der Waals surface area contributed by atoms with Crippen LogP contribution in [0.5, 0.6) is 5.75 Å². The summed E-state index contributed by atoms with van der Waals surface area (Å²) >= 11 is 0. The molecule has 1 aromatic carbocycles. The molecule has 0 aliphatic heterocycles. The van der Waals surface area contributed by atoms with Gasteiger partial charge in [-0.2, -0.15) is 0 Å². The highest BCUT2D eigenvalue weighted by atomic mass is 16.5. The number of aliphatic carboxylic acids is 1. The first-order chi connectivity index (χ1) is 18.5. The number of ether oxygens (including phenoxy) is 1. The van der Waals surface area contributed by atoms with Gasteiger partial charge in [-0.3, -0.25) is 4.79 Å². The molecule has 0 aromatic heterocycles. The molecule has 220 valence electrons. The van der Waals surface area contributed by atoms with E-state index in [4.69, 9.17) is 14.9 Å². The van der Waals surface area contributed by atoms with Crippen molar-refractivity contribution in [3.63, 3.8) is 0 Å². The van der Waals surface area contributed by atoms with Crippen LogP contribution >= 0.6 is 0 Å². The van der Waals surface area contributed by atoms with Gasteiger partial charge in [0.05, 0.1) is 12.2 Å². The molecule has 0 saturated heterocycles. The van der Waals surface area contributed by atoms with Gasteiger partial charge < -0.3 is 14.9 Å². The van der Waals surface area contributed by atoms with Crippen molar-refractivity contribution < 1.29 is 24.5 Å². The van der Waals surface area contributed by atoms with E-state index in [9.17, 15) is 9.59 Å². The number of carboxylic acid groups (broad SMARTS) is 1. The van der Waals surface area contributed by atoms with Crippen molar-refractivity contribution in [3.8, 4) is 5.75 Å². The number of esters is 1. The molecule has 0 aliphatic carbocycles. The lowest BCUT2D eigenvalue weighted by Gasteiger charge is -2.03. The van der Waals surface area contributed by atoms with Crippen molar-refractivity contribution in [1.29, 1.82) is 0 Å². The van der Waals surface area contributed by atoms with Gasteiger partial charge >= 0.3 is 11.9 Å². The molecule has 0 aliphatic rings. The maximum atomic E-state index is 11.3. The summed E-state index contributed by atoms with van der Waals surface area (Å²) in [4.78, 5) is 21.7. The van der Waals surface area contributed by atoms with Crippen molar-refractivity contribution in [1.82, 2.24) is 0 Å². The first-order valence-electron chi connectivity index (χ1n) is 15.7. The average Bonchev–Trinajstić information content (AvgIpc) is 2.90. The number of hydrogen-bond donors (Lipinski definition) is 2. The fourth-order valence-corrected chi connectivity index (χ4v) is 4.34. The Bertz CT molecular complexity index is 656. The molecule has 0 spiro atoms. The van der Waals surface area contributed by atoms with E-state index in [0.29, 0.717) is 18.6 Å². The number of carboxylic acids is 1. The number of carbonyl (C=O) groups excluding carboxylic acids is 1. The summed E-state index contributed by atoms with van der Waals surface area (Å²) in [7, 11) is 0. The maximum Gasteiger partial charge on any atom is 0.338 e. The monoisotopic (exact) mass is 534 g/mol. The molecule has 5 heteroatoms. The topological polar surface area (TPSA) is 83.8 Å². The van der Waals surface area contributed by atoms with Crippen LogP contribution in [0, 0.1) is 0 Å². The van der Waals surface area contributed by atoms with Crippen molar-refractivity contribution in [3.05, 3.63) is 29.8 Å². The van der Waals surface area contributed by atoms with Crippen molar-refractivity contribution in [2.75, 3.05) is 6.61 Å². The van der Waals surface area contributed by atoms with Crippen LogP contribution < -0.4 is 0 Å². The van der Waals surface area contributed by atoms with Crippen LogP contribution in [0.1, 0.15) is 165 Å². The van der Waals surface area contributed by atoms with Gasteiger partial charge in [0.1, 0.15) is 5.75 Å². The van der Waals surface area contributed by atoms with E-state index in [1.165, 1.54) is 121 Å². The number of hydrogen-bond acceptors (Lipinski definition) is 4. The third-order valence-electron chi connectivity index (χ3n) is 6.83. The molecule has 0 saturated carbocycles. The highest BCUT2D eigenvalue weighted by Crippen LogP contribution is 2.15. The van der Waals surface area contributed by atoms with Crippen molar-refractivity contribution >= 4 is 11.9 Å². The Kier molecular flexibility index (Phi) is 26.5. The SMILES string of the molecule is CCCCCCCCCCCCCCCCCCCCCC(=O)O.CCCCOC(=O)c1ccc(O)cc1. The Morgan fingerprint density at radius 3 is 1.32 bits per heavy atom. The Morgan fingerprint density at radius 2 is 0.947 bits per heavy atom. The number of aromatic hydroxyl groups is 1. The molecular formula is C33H58O5. The molecule has 0 fully saturated rings. The minimum atomic E-state index is -0.651. The summed E-state index contributed by atoms with van der Waals surface area (Å²) in [6.45, 7) is 4.77. The molecular weight excluding hydrogens is 476 g/mol. The quantitative estimate of drug-likeness (QED) is 0.102. The lowest BCUT2D eigenvalue weighted by molar-refractivity contribution is -0.137. The summed E-state index contributed by atoms with van der Waals surface area (Å²) in [6, 6.07) is 6.03. The van der Waals surface area contributed by atoms with Gasteiger partial charge in [-0.25, -0.2) is 4.79 Å². The predicted molar refractivity (Wildman–Crippen MR) is 159 cm³/mol. The zero-order chi connectivity index (χ0) is 28.1. The van der Waals surface area contributed by atoms with Crippen LogP contribution in [-0.2, 0) is 9.53 Å². The van der Waals surface area contributed by atoms with Crippen LogP contribution in [0.25, 0.3) is 0 Å². The summed E-state index contributed by atoms with van der Waals surface area (Å²) in [5.74, 6) is -0.837. The fourth-order valence-electron chi connectivity index (χ4n) is 4.34. The second-order valence-corrected chi connectivity index (χ2v) is 10.5. The summed E-state index contributed by atoms with van der Waals surface area (Å²) in [5.41, 5.74) is 0.471. The summed E-state index contributed by atoms with van der Waals surface area (Å²) < 4.78 is 4.99. The van der Waals surface area contributed by atoms with Crippen LogP contribution in [0.3, 0.4) is 0 Å². The Labute approximate surface area is 233 Å². The number of phenols is 1. The third-order valence-corrected chi connectivity index (χ3v) is 6.83. The number of rotatable bonds is 24. The highest BCUT2D eigenvalue weighted by molar-refractivity contribution is 5.89. The maximum absolute atomic E-state index is 11.3. The van der Waals surface area contributed by atoms with Gasteiger partial charge in [0, 0.05) is 6.42 Å². The van der Waals surface area contributed by atoms with Crippen LogP contribution in [0.4, 0.5) is 0 Å². The Balaban J connectivity index is 0.000000824. The zero-order valence-electron chi connectivity index (χ0n) is 24.7. The van der Waals surface area contributed by atoms with E-state index >= 15 is 0 Å². The molecule has 0 atom stereocenters. The van der Waals surface area contributed by atoms with E-state index in [1.807, 2.05) is 6.92 Å². The van der Waals surface area contributed by atoms with Gasteiger partial charge in [0.2, 0.25) is 0 Å². The van der Waals surface area contributed by atoms with Gasteiger partial charge in [-0.05, 0) is 37.1 Å². The molecule has 0 radical (unpaired) electrons.